The van der Waals surface area contributed by atoms with Crippen LogP contribution in [0.25, 0.3) is 53.9 Å². The van der Waals surface area contributed by atoms with Crippen molar-refractivity contribution >= 4 is 77.4 Å². The van der Waals surface area contributed by atoms with Gasteiger partial charge in [0.25, 0.3) is 0 Å². The van der Waals surface area contributed by atoms with E-state index < -0.39 is 11.9 Å². The second-order valence-electron chi connectivity index (χ2n) is 14.5. The Balaban J connectivity index is 0.000000167. The SMILES string of the molecule is C.COc1ccc2c(C#N)nccc2c1.COc1ccc2c(C#N)nccc2c1.COc1ccc2c(C(=O)O)nccc2c1.COc1ccc2c(C(=O)O)nccc2c1.COc1ccc2c(Cl)nccc2c1. The van der Waals surface area contributed by atoms with Gasteiger partial charge in [-0.1, -0.05) is 19.0 Å². The number of hydrogen-bond acceptors (Lipinski definition) is 14. The fourth-order valence-corrected chi connectivity index (χ4v) is 7.13. The summed E-state index contributed by atoms with van der Waals surface area (Å²) in [6.07, 6.45) is 7.89. The molecule has 2 N–H and O–H groups in total. The van der Waals surface area contributed by atoms with E-state index in [-0.39, 0.29) is 18.8 Å². The summed E-state index contributed by atoms with van der Waals surface area (Å²) in [5.74, 6) is 1.75. The molecule has 16 nitrogen and oxygen atoms in total. The van der Waals surface area contributed by atoms with Crippen LogP contribution in [-0.2, 0) is 0 Å². The average molecular weight is 984 g/mol. The highest BCUT2D eigenvalue weighted by atomic mass is 35.5. The van der Waals surface area contributed by atoms with Gasteiger partial charge < -0.3 is 33.9 Å². The van der Waals surface area contributed by atoms with Crippen molar-refractivity contribution < 1.29 is 43.5 Å². The van der Waals surface area contributed by atoms with Gasteiger partial charge in [-0.2, -0.15) is 10.5 Å². The summed E-state index contributed by atoms with van der Waals surface area (Å²) in [4.78, 5) is 41.3. The lowest BCUT2D eigenvalue weighted by molar-refractivity contribution is 0.0682. The minimum atomic E-state index is -1.02. The maximum absolute atomic E-state index is 10.9. The molecule has 0 bridgehead atoms. The number of nitriles is 2. The number of nitrogens with zero attached hydrogens (tertiary/aromatic N) is 7. The number of aromatic nitrogens is 5. The van der Waals surface area contributed by atoms with E-state index in [1.165, 1.54) is 12.4 Å². The van der Waals surface area contributed by atoms with E-state index in [1.807, 2.05) is 72.8 Å². The average Bonchev–Trinajstić information content (AvgIpc) is 3.42. The first-order valence-electron chi connectivity index (χ1n) is 21.0. The fourth-order valence-electron chi connectivity index (χ4n) is 6.90. The molecule has 72 heavy (non-hydrogen) atoms. The Kier molecular flexibility index (Phi) is 19.0. The summed E-state index contributed by atoms with van der Waals surface area (Å²) in [5, 5.41) is 44.5. The number of carboxylic acids is 2. The molecule has 10 aromatic rings. The number of hydrogen-bond donors (Lipinski definition) is 2. The molecule has 0 unspecified atom stereocenters. The van der Waals surface area contributed by atoms with Crippen LogP contribution in [-0.4, -0.2) is 82.6 Å². The second kappa shape index (κ2) is 25.6. The van der Waals surface area contributed by atoms with Crippen LogP contribution in [0.5, 0.6) is 28.7 Å². The van der Waals surface area contributed by atoms with Gasteiger partial charge in [-0.3, -0.25) is 0 Å². The van der Waals surface area contributed by atoms with Gasteiger partial charge in [0.15, 0.2) is 11.4 Å². The van der Waals surface area contributed by atoms with Crippen molar-refractivity contribution in [2.24, 2.45) is 0 Å². The van der Waals surface area contributed by atoms with Crippen LogP contribution in [0.4, 0.5) is 0 Å². The van der Waals surface area contributed by atoms with Crippen LogP contribution in [0.3, 0.4) is 0 Å². The lowest BCUT2D eigenvalue weighted by Gasteiger charge is -2.03. The van der Waals surface area contributed by atoms with Crippen LogP contribution >= 0.6 is 11.6 Å². The van der Waals surface area contributed by atoms with Crippen LogP contribution in [0.15, 0.2) is 152 Å². The minimum absolute atomic E-state index is 0. The molecule has 17 heteroatoms. The van der Waals surface area contributed by atoms with E-state index in [0.717, 1.165) is 60.3 Å². The number of fused-ring (bicyclic) bond motifs is 5. The molecule has 0 fully saturated rings. The molecule has 0 atom stereocenters. The van der Waals surface area contributed by atoms with Gasteiger partial charge in [0, 0.05) is 57.9 Å². The highest BCUT2D eigenvalue weighted by molar-refractivity contribution is 6.34. The van der Waals surface area contributed by atoms with Gasteiger partial charge in [0.2, 0.25) is 0 Å². The normalized spacial score (nSPS) is 9.89. The van der Waals surface area contributed by atoms with Gasteiger partial charge in [-0.25, -0.2) is 34.5 Å². The maximum atomic E-state index is 10.9. The zero-order valence-corrected chi connectivity index (χ0v) is 39.5. The highest BCUT2D eigenvalue weighted by Gasteiger charge is 2.11. The zero-order valence-electron chi connectivity index (χ0n) is 38.7. The summed E-state index contributed by atoms with van der Waals surface area (Å²) >= 11 is 5.90. The number of pyridine rings is 5. The highest BCUT2D eigenvalue weighted by Crippen LogP contribution is 2.27. The third-order valence-electron chi connectivity index (χ3n) is 10.4. The lowest BCUT2D eigenvalue weighted by atomic mass is 10.1. The van der Waals surface area contributed by atoms with Crippen molar-refractivity contribution in [2.75, 3.05) is 35.5 Å². The van der Waals surface area contributed by atoms with Gasteiger partial charge in [0.05, 0.1) is 35.5 Å². The van der Waals surface area contributed by atoms with E-state index in [0.29, 0.717) is 38.8 Å². The smallest absolute Gasteiger partial charge is 0.355 e. The third-order valence-corrected chi connectivity index (χ3v) is 10.7. The van der Waals surface area contributed by atoms with E-state index in [4.69, 9.17) is 56.0 Å². The molecule has 0 saturated heterocycles. The van der Waals surface area contributed by atoms with Crippen molar-refractivity contribution in [3.63, 3.8) is 0 Å². The van der Waals surface area contributed by atoms with Crippen LogP contribution in [0, 0.1) is 22.7 Å². The predicted molar refractivity (Wildman–Crippen MR) is 277 cm³/mol. The molecule has 0 amide bonds. The number of carboxylic acid groups (broad SMARTS) is 2. The van der Waals surface area contributed by atoms with E-state index in [2.05, 4.69) is 37.1 Å². The monoisotopic (exact) mass is 983 g/mol. The molecule has 10 rings (SSSR count). The molecule has 0 aliphatic heterocycles. The Bertz CT molecular complexity index is 3430. The first kappa shape index (κ1) is 53.3. The number of ether oxygens (including phenoxy) is 5. The topological polar surface area (TPSA) is 233 Å². The quantitative estimate of drug-likeness (QED) is 0.141. The Hall–Kier alpha value is -9.64. The number of benzene rings is 5. The molecular weight excluding hydrogens is 938 g/mol. The largest absolute Gasteiger partial charge is 0.497 e. The summed E-state index contributed by atoms with van der Waals surface area (Å²) in [5.41, 5.74) is 1.03. The molecule has 0 radical (unpaired) electrons. The van der Waals surface area contributed by atoms with Gasteiger partial charge in [-0.05, 0) is 148 Å². The number of aromatic carboxylic acids is 2. The van der Waals surface area contributed by atoms with Crippen LogP contribution in [0.1, 0.15) is 39.8 Å². The number of rotatable bonds is 7. The number of carbonyl (C=O) groups is 2. The van der Waals surface area contributed by atoms with E-state index >= 15 is 0 Å². The second-order valence-corrected chi connectivity index (χ2v) is 14.9. The molecule has 5 aromatic carbocycles. The van der Waals surface area contributed by atoms with Crippen molar-refractivity contribution in [2.45, 2.75) is 7.43 Å². The Morgan fingerprint density at radius 3 is 0.986 bits per heavy atom. The molecule has 362 valence electrons. The van der Waals surface area contributed by atoms with Gasteiger partial charge >= 0.3 is 11.9 Å². The number of halogens is 1. The Morgan fingerprint density at radius 2 is 0.681 bits per heavy atom. The van der Waals surface area contributed by atoms with Gasteiger partial charge in [-0.15, -0.1) is 0 Å². The summed E-state index contributed by atoms with van der Waals surface area (Å²) < 4.78 is 25.4. The molecule has 0 aliphatic carbocycles. The molecular formula is C55H46ClN7O9. The van der Waals surface area contributed by atoms with Crippen molar-refractivity contribution in [1.82, 2.24) is 24.9 Å². The van der Waals surface area contributed by atoms with Crippen LogP contribution in [0.2, 0.25) is 5.15 Å². The lowest BCUT2D eigenvalue weighted by Crippen LogP contribution is -2.00. The first-order chi connectivity index (χ1) is 34.4. The van der Waals surface area contributed by atoms with Gasteiger partial charge in [0.1, 0.15) is 57.4 Å². The Labute approximate surface area is 418 Å². The van der Waals surface area contributed by atoms with Crippen LogP contribution < -0.4 is 23.7 Å². The van der Waals surface area contributed by atoms with Crippen molar-refractivity contribution in [3.05, 3.63) is 180 Å². The minimum Gasteiger partial charge on any atom is -0.497 e. The maximum Gasteiger partial charge on any atom is 0.355 e. The standard InChI is InChI=1S/2C11H8N2O.2C11H9NO3.C10H8ClNO.CH4/c2*1-14-9-2-3-10-8(6-9)4-5-13-11(10)7-12;2*1-15-8-2-3-9-7(6-8)4-5-12-10(9)11(13)14;1-13-8-2-3-9-7(6-8)4-5-12-10(9)11;/h2*2-6H,1H3;2*2-6H,1H3,(H,13,14);2-6H,1H3;1H4. The molecule has 5 aromatic heterocycles. The first-order valence-corrected chi connectivity index (χ1v) is 21.4. The number of methoxy groups -OCH3 is 5. The van der Waals surface area contributed by atoms with Crippen molar-refractivity contribution in [1.29, 1.82) is 10.5 Å². The van der Waals surface area contributed by atoms with Crippen molar-refractivity contribution in [3.8, 4) is 40.9 Å². The molecule has 0 spiro atoms. The Morgan fingerprint density at radius 1 is 0.417 bits per heavy atom. The summed E-state index contributed by atoms with van der Waals surface area (Å²) in [6.45, 7) is 0. The molecule has 5 heterocycles. The zero-order chi connectivity index (χ0) is 50.9. The molecule has 0 saturated carbocycles. The summed E-state index contributed by atoms with van der Waals surface area (Å²) in [7, 11) is 8.02. The fraction of sp³-hybridized carbons (Fsp3) is 0.109. The van der Waals surface area contributed by atoms with E-state index in [1.54, 1.807) is 103 Å². The third kappa shape index (κ3) is 13.1. The summed E-state index contributed by atoms with van der Waals surface area (Å²) in [6, 6.07) is 40.5. The van der Waals surface area contributed by atoms with E-state index in [9.17, 15) is 9.59 Å². The molecule has 0 aliphatic rings. The predicted octanol–water partition coefficient (Wildman–Crippen LogP) is 11.6.